The summed E-state index contributed by atoms with van der Waals surface area (Å²) in [5, 5.41) is 11.6. The molecule has 3 rings (SSSR count). The molecule has 0 aliphatic heterocycles. The Morgan fingerprint density at radius 3 is 2.60 bits per heavy atom. The van der Waals surface area contributed by atoms with Gasteiger partial charge in [0.25, 0.3) is 5.69 Å². The van der Waals surface area contributed by atoms with Crippen molar-refractivity contribution >= 4 is 16.6 Å². The summed E-state index contributed by atoms with van der Waals surface area (Å²) in [6.07, 6.45) is 9.56. The summed E-state index contributed by atoms with van der Waals surface area (Å²) < 4.78 is 5.18. The molecule has 1 aromatic heterocycles. The van der Waals surface area contributed by atoms with E-state index < -0.39 is 4.92 Å². The molecule has 0 amide bonds. The van der Waals surface area contributed by atoms with Crippen LogP contribution >= 0.6 is 0 Å². The highest BCUT2D eigenvalue weighted by atomic mass is 16.6. The van der Waals surface area contributed by atoms with Gasteiger partial charge in [0, 0.05) is 23.6 Å². The predicted molar refractivity (Wildman–Crippen MR) is 74.5 cm³/mol. The van der Waals surface area contributed by atoms with Crippen molar-refractivity contribution in [3.05, 3.63) is 71.7 Å². The van der Waals surface area contributed by atoms with Gasteiger partial charge >= 0.3 is 0 Å². The summed E-state index contributed by atoms with van der Waals surface area (Å²) in [6, 6.07) is 4.78. The lowest BCUT2D eigenvalue weighted by Crippen LogP contribution is -1.98. The Balaban J connectivity index is 2.13. The van der Waals surface area contributed by atoms with E-state index in [-0.39, 0.29) is 5.69 Å². The maximum absolute atomic E-state index is 11.0. The van der Waals surface area contributed by atoms with E-state index in [1.54, 1.807) is 6.20 Å². The van der Waals surface area contributed by atoms with Gasteiger partial charge in [-0.2, -0.15) is 0 Å². The van der Waals surface area contributed by atoms with Crippen LogP contribution in [0.2, 0.25) is 0 Å². The molecule has 0 bridgehead atoms. The van der Waals surface area contributed by atoms with Gasteiger partial charge in [-0.3, -0.25) is 15.1 Å². The Morgan fingerprint density at radius 2 is 1.95 bits per heavy atom. The fourth-order valence-electron chi connectivity index (χ4n) is 2.19. The number of nitro benzene ring substituents is 1. The lowest BCUT2D eigenvalue weighted by atomic mass is 9.98. The lowest BCUT2D eigenvalue weighted by molar-refractivity contribution is -0.384. The van der Waals surface area contributed by atoms with Gasteiger partial charge in [-0.15, -0.1) is 0 Å². The van der Waals surface area contributed by atoms with E-state index in [9.17, 15) is 10.1 Å². The number of benzene rings is 1. The molecule has 0 N–H and O–H groups in total. The van der Waals surface area contributed by atoms with Gasteiger partial charge in [-0.1, -0.05) is 0 Å². The minimum Gasteiger partial charge on any atom is -0.494 e. The van der Waals surface area contributed by atoms with Gasteiger partial charge in [-0.25, -0.2) is 0 Å². The SMILES string of the molecule is COc1cc([N+](=O)[O-])cc2cc([C]3[CH][CH][CH][CH]3)cnc12. The standard InChI is InChI=1S/C15H11N2O3/c1-20-14-8-13(17(18)19)7-11-6-12(9-16-15(11)14)10-4-2-3-5-10/h2-9H,1H3. The fourth-order valence-corrected chi connectivity index (χ4v) is 2.19. The third kappa shape index (κ3) is 2.19. The summed E-state index contributed by atoms with van der Waals surface area (Å²) in [6.45, 7) is 0. The molecule has 5 heteroatoms. The van der Waals surface area contributed by atoms with Crippen LogP contribution in [0.15, 0.2) is 24.4 Å². The Morgan fingerprint density at radius 1 is 1.20 bits per heavy atom. The molecule has 20 heavy (non-hydrogen) atoms. The predicted octanol–water partition coefficient (Wildman–Crippen LogP) is 2.90. The van der Waals surface area contributed by atoms with Crippen molar-refractivity contribution in [3.63, 3.8) is 0 Å². The molecular weight excluding hydrogens is 256 g/mol. The van der Waals surface area contributed by atoms with E-state index in [2.05, 4.69) is 4.98 Å². The van der Waals surface area contributed by atoms with Crippen molar-refractivity contribution in [1.29, 1.82) is 0 Å². The second-order valence-electron chi connectivity index (χ2n) is 4.37. The quantitative estimate of drug-likeness (QED) is 0.633. The van der Waals surface area contributed by atoms with E-state index in [4.69, 9.17) is 4.74 Å². The minimum atomic E-state index is -0.433. The minimum absolute atomic E-state index is 0.00388. The van der Waals surface area contributed by atoms with E-state index in [1.165, 1.54) is 19.2 Å². The van der Waals surface area contributed by atoms with Crippen LogP contribution in [0, 0.1) is 41.7 Å². The third-order valence-electron chi connectivity index (χ3n) is 3.16. The molecule has 0 atom stereocenters. The zero-order chi connectivity index (χ0) is 14.1. The zero-order valence-electron chi connectivity index (χ0n) is 10.7. The molecule has 99 valence electrons. The molecule has 0 saturated heterocycles. The first kappa shape index (κ1) is 12.8. The number of hydrogen-bond donors (Lipinski definition) is 0. The van der Waals surface area contributed by atoms with Crippen molar-refractivity contribution in [2.24, 2.45) is 0 Å². The topological polar surface area (TPSA) is 65.3 Å². The number of pyridine rings is 1. The number of ether oxygens (including phenoxy) is 1. The molecule has 2 aromatic rings. The van der Waals surface area contributed by atoms with Gasteiger partial charge in [0.05, 0.1) is 18.1 Å². The number of nitrogens with zero attached hydrogens (tertiary/aromatic N) is 2. The molecule has 1 fully saturated rings. The Labute approximate surface area is 116 Å². The first-order chi connectivity index (χ1) is 9.69. The van der Waals surface area contributed by atoms with Crippen molar-refractivity contribution in [2.75, 3.05) is 7.11 Å². The normalized spacial score (nSPS) is 15.7. The molecule has 0 unspecified atom stereocenters. The lowest BCUT2D eigenvalue weighted by Gasteiger charge is -2.10. The fraction of sp³-hybridized carbons (Fsp3) is 0.0667. The van der Waals surface area contributed by atoms with Crippen molar-refractivity contribution < 1.29 is 9.66 Å². The van der Waals surface area contributed by atoms with Crippen LogP contribution in [-0.2, 0) is 0 Å². The number of non-ortho nitro benzene ring substituents is 1. The Hall–Kier alpha value is -2.17. The monoisotopic (exact) mass is 267 g/mol. The second kappa shape index (κ2) is 5.07. The summed E-state index contributed by atoms with van der Waals surface area (Å²) in [4.78, 5) is 14.9. The van der Waals surface area contributed by atoms with Crippen molar-refractivity contribution in [1.82, 2.24) is 4.98 Å². The summed E-state index contributed by atoms with van der Waals surface area (Å²) in [7, 11) is 1.48. The first-order valence-electron chi connectivity index (χ1n) is 6.03. The summed E-state index contributed by atoms with van der Waals surface area (Å²) >= 11 is 0. The smallest absolute Gasteiger partial charge is 0.273 e. The van der Waals surface area contributed by atoms with Gasteiger partial charge < -0.3 is 4.74 Å². The van der Waals surface area contributed by atoms with Crippen LogP contribution in [-0.4, -0.2) is 17.0 Å². The van der Waals surface area contributed by atoms with Crippen LogP contribution in [0.1, 0.15) is 5.56 Å². The van der Waals surface area contributed by atoms with Crippen molar-refractivity contribution in [2.45, 2.75) is 0 Å². The highest BCUT2D eigenvalue weighted by molar-refractivity contribution is 5.88. The van der Waals surface area contributed by atoms with Crippen molar-refractivity contribution in [3.8, 4) is 5.75 Å². The van der Waals surface area contributed by atoms with Gasteiger partial charge in [-0.05, 0) is 37.3 Å². The number of aromatic nitrogens is 1. The summed E-state index contributed by atoms with van der Waals surface area (Å²) in [5.74, 6) is 1.44. The number of fused-ring (bicyclic) bond motifs is 1. The van der Waals surface area contributed by atoms with Gasteiger partial charge in [0.2, 0.25) is 0 Å². The van der Waals surface area contributed by atoms with Crippen LogP contribution in [0.25, 0.3) is 10.9 Å². The molecule has 1 aromatic carbocycles. The maximum atomic E-state index is 11.0. The summed E-state index contributed by atoms with van der Waals surface area (Å²) in [5.41, 5.74) is 1.54. The maximum Gasteiger partial charge on any atom is 0.273 e. The molecule has 0 spiro atoms. The average Bonchev–Trinajstić information content (AvgIpc) is 2.99. The van der Waals surface area contributed by atoms with E-state index in [1.807, 2.05) is 31.7 Å². The second-order valence-corrected chi connectivity index (χ2v) is 4.37. The van der Waals surface area contributed by atoms with Crippen LogP contribution < -0.4 is 4.74 Å². The highest BCUT2D eigenvalue weighted by Gasteiger charge is 2.21. The molecular formula is C15H11N2O3. The van der Waals surface area contributed by atoms with Crippen LogP contribution in [0.4, 0.5) is 5.69 Å². The van der Waals surface area contributed by atoms with E-state index >= 15 is 0 Å². The molecule has 5 nitrogen and oxygen atoms in total. The number of rotatable bonds is 3. The van der Waals surface area contributed by atoms with Gasteiger partial charge in [0.1, 0.15) is 5.52 Å². The molecule has 1 heterocycles. The third-order valence-corrected chi connectivity index (χ3v) is 3.16. The van der Waals surface area contributed by atoms with Crippen LogP contribution in [0.5, 0.6) is 5.75 Å². The number of methoxy groups -OCH3 is 1. The van der Waals surface area contributed by atoms with Crippen LogP contribution in [0.3, 0.4) is 0 Å². The molecule has 1 aliphatic rings. The highest BCUT2D eigenvalue weighted by Crippen LogP contribution is 2.34. The van der Waals surface area contributed by atoms with Gasteiger partial charge in [0.15, 0.2) is 5.75 Å². The molecule has 1 aliphatic carbocycles. The van der Waals surface area contributed by atoms with E-state index in [0.717, 1.165) is 11.5 Å². The molecule has 1 saturated carbocycles. The average molecular weight is 267 g/mol. The molecule has 5 radical (unpaired) electrons. The number of hydrogen-bond acceptors (Lipinski definition) is 4. The zero-order valence-corrected chi connectivity index (χ0v) is 10.7. The first-order valence-corrected chi connectivity index (χ1v) is 6.03. The largest absolute Gasteiger partial charge is 0.494 e. The Kier molecular flexibility index (Phi) is 3.26. The number of nitro groups is 1. The van der Waals surface area contributed by atoms with E-state index in [0.29, 0.717) is 16.7 Å². The Bertz CT molecular complexity index is 663.